The van der Waals surface area contributed by atoms with Gasteiger partial charge in [0.25, 0.3) is 0 Å². The van der Waals surface area contributed by atoms with Gasteiger partial charge >= 0.3 is 6.09 Å². The predicted molar refractivity (Wildman–Crippen MR) is 56.5 cm³/mol. The molecule has 0 aliphatic heterocycles. The number of rotatable bonds is 4. The summed E-state index contributed by atoms with van der Waals surface area (Å²) in [6.07, 6.45) is 0.331. The van der Waals surface area contributed by atoms with Crippen molar-refractivity contribution in [3.05, 3.63) is 30.3 Å². The molecule has 0 saturated heterocycles. The molecular formula is C11H15NO3. The molecule has 0 atom stereocenters. The summed E-state index contributed by atoms with van der Waals surface area (Å²) in [4.78, 5) is 16.5. The molecule has 0 aliphatic rings. The van der Waals surface area contributed by atoms with Gasteiger partial charge in [-0.3, -0.25) is 4.84 Å². The molecule has 1 rings (SSSR count). The minimum absolute atomic E-state index is 0.500. The van der Waals surface area contributed by atoms with Crippen LogP contribution in [-0.4, -0.2) is 24.8 Å². The molecular weight excluding hydrogens is 194 g/mol. The Bertz CT molecular complexity index is 300. The molecule has 0 aliphatic carbocycles. The summed E-state index contributed by atoms with van der Waals surface area (Å²) in [5.74, 6) is 0.509. The quantitative estimate of drug-likeness (QED) is 0.715. The first kappa shape index (κ1) is 11.5. The van der Waals surface area contributed by atoms with E-state index in [0.717, 1.165) is 11.5 Å². The third-order valence-corrected chi connectivity index (χ3v) is 1.69. The highest BCUT2D eigenvalue weighted by atomic mass is 16.7. The number of para-hydroxylation sites is 1. The SMILES string of the molecule is CCCON(C)C(=O)Oc1ccccc1. The molecule has 82 valence electrons. The fourth-order valence-corrected chi connectivity index (χ4v) is 0.935. The average molecular weight is 209 g/mol. The number of hydrogen-bond donors (Lipinski definition) is 0. The second-order valence-electron chi connectivity index (χ2n) is 3.01. The summed E-state index contributed by atoms with van der Waals surface area (Å²) in [5.41, 5.74) is 0. The normalized spacial score (nSPS) is 9.73. The van der Waals surface area contributed by atoms with E-state index in [4.69, 9.17) is 9.57 Å². The summed E-state index contributed by atoms with van der Waals surface area (Å²) in [5, 5.41) is 1.09. The molecule has 0 aromatic heterocycles. The van der Waals surface area contributed by atoms with E-state index in [1.807, 2.05) is 13.0 Å². The van der Waals surface area contributed by atoms with Crippen LogP contribution in [0.15, 0.2) is 30.3 Å². The van der Waals surface area contributed by atoms with Crippen LogP contribution in [0.4, 0.5) is 4.79 Å². The first-order chi connectivity index (χ1) is 7.24. The first-order valence-electron chi connectivity index (χ1n) is 4.87. The van der Waals surface area contributed by atoms with Crippen LogP contribution in [0.2, 0.25) is 0 Å². The number of carbonyl (C=O) groups excluding carboxylic acids is 1. The zero-order chi connectivity index (χ0) is 11.1. The van der Waals surface area contributed by atoms with E-state index in [9.17, 15) is 4.79 Å². The smallest absolute Gasteiger partial charge is 0.409 e. The van der Waals surface area contributed by atoms with Crippen molar-refractivity contribution in [2.45, 2.75) is 13.3 Å². The van der Waals surface area contributed by atoms with Crippen molar-refractivity contribution < 1.29 is 14.4 Å². The number of carbonyl (C=O) groups is 1. The standard InChI is InChI=1S/C11H15NO3/c1-3-9-14-12(2)11(13)15-10-7-5-4-6-8-10/h4-8H,3,9H2,1-2H3. The van der Waals surface area contributed by atoms with Crippen molar-refractivity contribution in [2.75, 3.05) is 13.7 Å². The molecule has 0 heterocycles. The van der Waals surface area contributed by atoms with Gasteiger partial charge in [-0.1, -0.05) is 25.1 Å². The van der Waals surface area contributed by atoms with Crippen LogP contribution in [-0.2, 0) is 4.84 Å². The first-order valence-corrected chi connectivity index (χ1v) is 4.87. The topological polar surface area (TPSA) is 38.8 Å². The molecule has 1 amide bonds. The lowest BCUT2D eigenvalue weighted by atomic mass is 10.3. The molecule has 0 radical (unpaired) electrons. The van der Waals surface area contributed by atoms with Crippen LogP contribution < -0.4 is 4.74 Å². The molecule has 0 unspecified atom stereocenters. The minimum atomic E-state index is -0.519. The van der Waals surface area contributed by atoms with Gasteiger partial charge in [0.15, 0.2) is 0 Å². The van der Waals surface area contributed by atoms with Crippen molar-refractivity contribution in [1.82, 2.24) is 5.06 Å². The van der Waals surface area contributed by atoms with E-state index < -0.39 is 6.09 Å². The Morgan fingerprint density at radius 2 is 2.00 bits per heavy atom. The van der Waals surface area contributed by atoms with Gasteiger partial charge < -0.3 is 4.74 Å². The van der Waals surface area contributed by atoms with E-state index in [1.165, 1.54) is 7.05 Å². The van der Waals surface area contributed by atoms with E-state index >= 15 is 0 Å². The molecule has 0 fully saturated rings. The molecule has 1 aromatic carbocycles. The van der Waals surface area contributed by atoms with Crippen molar-refractivity contribution in [2.24, 2.45) is 0 Å². The Kier molecular flexibility index (Phi) is 4.63. The fraction of sp³-hybridized carbons (Fsp3) is 0.364. The summed E-state index contributed by atoms with van der Waals surface area (Å²) in [6, 6.07) is 8.89. The Hall–Kier alpha value is -1.55. The summed E-state index contributed by atoms with van der Waals surface area (Å²) in [7, 11) is 1.53. The van der Waals surface area contributed by atoms with Crippen LogP contribution in [0, 0.1) is 0 Å². The van der Waals surface area contributed by atoms with Crippen molar-refractivity contribution in [3.8, 4) is 5.75 Å². The molecule has 4 heteroatoms. The number of amides is 1. The number of hydrogen-bond acceptors (Lipinski definition) is 3. The second kappa shape index (κ2) is 6.03. The maximum Gasteiger partial charge on any atom is 0.439 e. The van der Waals surface area contributed by atoms with E-state index in [-0.39, 0.29) is 0 Å². The van der Waals surface area contributed by atoms with Crippen molar-refractivity contribution >= 4 is 6.09 Å². The lowest BCUT2D eigenvalue weighted by Crippen LogP contribution is -2.30. The van der Waals surface area contributed by atoms with Gasteiger partial charge in [-0.25, -0.2) is 4.79 Å². The monoisotopic (exact) mass is 209 g/mol. The van der Waals surface area contributed by atoms with Crippen LogP contribution in [0.3, 0.4) is 0 Å². The Balaban J connectivity index is 2.42. The summed E-state index contributed by atoms with van der Waals surface area (Å²) >= 11 is 0. The van der Waals surface area contributed by atoms with E-state index in [2.05, 4.69) is 0 Å². The van der Waals surface area contributed by atoms with Crippen molar-refractivity contribution in [3.63, 3.8) is 0 Å². The van der Waals surface area contributed by atoms with Crippen molar-refractivity contribution in [1.29, 1.82) is 0 Å². The largest absolute Gasteiger partial charge is 0.439 e. The molecule has 0 spiro atoms. The predicted octanol–water partition coefficient (Wildman–Crippen LogP) is 2.46. The molecule has 1 aromatic rings. The number of nitrogens with zero attached hydrogens (tertiary/aromatic N) is 1. The molecule has 0 saturated carbocycles. The highest BCUT2D eigenvalue weighted by Crippen LogP contribution is 2.09. The Morgan fingerprint density at radius 1 is 1.33 bits per heavy atom. The van der Waals surface area contributed by atoms with Crippen LogP contribution in [0.5, 0.6) is 5.75 Å². The lowest BCUT2D eigenvalue weighted by molar-refractivity contribution is -0.110. The van der Waals surface area contributed by atoms with Gasteiger partial charge in [-0.15, -0.1) is 0 Å². The van der Waals surface area contributed by atoms with Crippen LogP contribution in [0.1, 0.15) is 13.3 Å². The Morgan fingerprint density at radius 3 is 2.60 bits per heavy atom. The molecule has 0 bridgehead atoms. The molecule has 15 heavy (non-hydrogen) atoms. The van der Waals surface area contributed by atoms with Crippen LogP contribution >= 0.6 is 0 Å². The average Bonchev–Trinajstić information content (AvgIpc) is 2.27. The third-order valence-electron chi connectivity index (χ3n) is 1.69. The van der Waals surface area contributed by atoms with Gasteiger partial charge in [0.2, 0.25) is 0 Å². The maximum atomic E-state index is 11.4. The van der Waals surface area contributed by atoms with Gasteiger partial charge in [0.05, 0.1) is 6.61 Å². The van der Waals surface area contributed by atoms with Gasteiger partial charge in [0, 0.05) is 7.05 Å². The van der Waals surface area contributed by atoms with Crippen LogP contribution in [0.25, 0.3) is 0 Å². The highest BCUT2D eigenvalue weighted by molar-refractivity contribution is 5.69. The number of ether oxygens (including phenoxy) is 1. The number of benzene rings is 1. The molecule has 0 N–H and O–H groups in total. The fourth-order valence-electron chi connectivity index (χ4n) is 0.935. The highest BCUT2D eigenvalue weighted by Gasteiger charge is 2.10. The zero-order valence-corrected chi connectivity index (χ0v) is 8.97. The maximum absolute atomic E-state index is 11.4. The van der Waals surface area contributed by atoms with E-state index in [0.29, 0.717) is 12.4 Å². The van der Waals surface area contributed by atoms with Gasteiger partial charge in [-0.05, 0) is 18.6 Å². The summed E-state index contributed by atoms with van der Waals surface area (Å²) in [6.45, 7) is 2.47. The lowest BCUT2D eigenvalue weighted by Gasteiger charge is -2.15. The third kappa shape index (κ3) is 3.99. The van der Waals surface area contributed by atoms with Gasteiger partial charge in [-0.2, -0.15) is 5.06 Å². The summed E-state index contributed by atoms with van der Waals surface area (Å²) < 4.78 is 5.04. The van der Waals surface area contributed by atoms with Gasteiger partial charge in [0.1, 0.15) is 5.75 Å². The minimum Gasteiger partial charge on any atom is -0.409 e. The van der Waals surface area contributed by atoms with E-state index in [1.54, 1.807) is 24.3 Å². The number of hydroxylamine groups is 2. The second-order valence-corrected chi connectivity index (χ2v) is 3.01. The molecule has 4 nitrogen and oxygen atoms in total. The zero-order valence-electron chi connectivity index (χ0n) is 8.97. The Labute approximate surface area is 89.4 Å².